The molecule has 0 N–H and O–H groups in total. The molecule has 8 heteroatoms. The monoisotopic (exact) mass is 670 g/mol. The zero-order valence-electron chi connectivity index (χ0n) is 30.7. The van der Waals surface area contributed by atoms with Gasteiger partial charge in [0, 0.05) is 23.8 Å². The second-order valence-electron chi connectivity index (χ2n) is 14.6. The number of ether oxygens (including phenoxy) is 3. The van der Waals surface area contributed by atoms with Crippen molar-refractivity contribution in [2.45, 2.75) is 98.9 Å². The lowest BCUT2D eigenvalue weighted by Crippen LogP contribution is -2.38. The van der Waals surface area contributed by atoms with Crippen LogP contribution in [-0.2, 0) is 36.6 Å². The average molecular weight is 671 g/mol. The van der Waals surface area contributed by atoms with Crippen LogP contribution in [-0.4, -0.2) is 53.2 Å². The summed E-state index contributed by atoms with van der Waals surface area (Å²) in [5.74, 6) is -2.31. The van der Waals surface area contributed by atoms with Crippen LogP contribution in [0.1, 0.15) is 123 Å². The summed E-state index contributed by atoms with van der Waals surface area (Å²) in [5.41, 5.74) is 1.28. The molecular weight excluding hydrogens is 620 g/mol. The Kier molecular flexibility index (Phi) is 12.3. The van der Waals surface area contributed by atoms with Gasteiger partial charge in [-0.15, -0.1) is 0 Å². The molecule has 8 nitrogen and oxygen atoms in total. The third kappa shape index (κ3) is 9.82. The smallest absolute Gasteiger partial charge is 0.309 e. The fourth-order valence-corrected chi connectivity index (χ4v) is 5.05. The standard InChI is InChI=1S/C41H50O8/c1-25(2)37(45)48-40(7,8)34(42)30-17-12-27(13-18-30)22-29-16-21-32(33(24-29)36(44)39(5,6)47-11)23-28-14-19-31(20-15-28)35(43)41(9,10)49-38(46)26(3)4/h12-21,24-26H,22-23H2,1-11H3. The number of hydrogen-bond acceptors (Lipinski definition) is 8. The molecule has 0 saturated carbocycles. The highest BCUT2D eigenvalue weighted by atomic mass is 16.6. The molecule has 0 heterocycles. The summed E-state index contributed by atoms with van der Waals surface area (Å²) in [6.45, 7) is 16.7. The first-order valence-corrected chi connectivity index (χ1v) is 16.6. The maximum atomic E-state index is 13.8. The minimum absolute atomic E-state index is 0.161. The molecule has 262 valence electrons. The van der Waals surface area contributed by atoms with Crippen LogP contribution in [0.25, 0.3) is 0 Å². The van der Waals surface area contributed by atoms with Crippen molar-refractivity contribution in [1.29, 1.82) is 0 Å². The van der Waals surface area contributed by atoms with Crippen molar-refractivity contribution in [3.63, 3.8) is 0 Å². The van der Waals surface area contributed by atoms with Gasteiger partial charge in [0.25, 0.3) is 0 Å². The van der Waals surface area contributed by atoms with Gasteiger partial charge in [-0.3, -0.25) is 24.0 Å². The van der Waals surface area contributed by atoms with E-state index in [9.17, 15) is 24.0 Å². The van der Waals surface area contributed by atoms with E-state index < -0.39 is 28.7 Å². The molecule has 0 atom stereocenters. The van der Waals surface area contributed by atoms with Gasteiger partial charge in [0.05, 0.1) is 11.8 Å². The van der Waals surface area contributed by atoms with Crippen LogP contribution in [0.3, 0.4) is 0 Å². The number of methoxy groups -OCH3 is 1. The number of hydrogen-bond donors (Lipinski definition) is 0. The molecule has 0 aromatic heterocycles. The van der Waals surface area contributed by atoms with Crippen molar-refractivity contribution in [1.82, 2.24) is 0 Å². The fraction of sp³-hybridized carbons (Fsp3) is 0.439. The zero-order chi connectivity index (χ0) is 36.9. The van der Waals surface area contributed by atoms with E-state index in [0.717, 1.165) is 22.3 Å². The lowest BCUT2D eigenvalue weighted by atomic mass is 9.87. The summed E-state index contributed by atoms with van der Waals surface area (Å²) >= 11 is 0. The largest absolute Gasteiger partial charge is 0.451 e. The Morgan fingerprint density at radius 1 is 0.531 bits per heavy atom. The van der Waals surface area contributed by atoms with Crippen molar-refractivity contribution in [3.05, 3.63) is 106 Å². The van der Waals surface area contributed by atoms with Crippen molar-refractivity contribution >= 4 is 29.3 Å². The van der Waals surface area contributed by atoms with Gasteiger partial charge in [-0.1, -0.05) is 88.4 Å². The fourth-order valence-electron chi connectivity index (χ4n) is 5.05. The first kappa shape index (κ1) is 39.0. The van der Waals surface area contributed by atoms with Gasteiger partial charge in [0.2, 0.25) is 11.6 Å². The van der Waals surface area contributed by atoms with E-state index in [1.165, 1.54) is 7.11 Å². The molecule has 0 amide bonds. The number of rotatable bonds is 15. The van der Waals surface area contributed by atoms with Crippen molar-refractivity contribution in [2.75, 3.05) is 7.11 Å². The molecule has 3 aromatic rings. The van der Waals surface area contributed by atoms with Gasteiger partial charge in [-0.2, -0.15) is 0 Å². The lowest BCUT2D eigenvalue weighted by molar-refractivity contribution is -0.157. The first-order chi connectivity index (χ1) is 22.7. The lowest BCUT2D eigenvalue weighted by Gasteiger charge is -2.25. The van der Waals surface area contributed by atoms with E-state index in [2.05, 4.69) is 0 Å². The van der Waals surface area contributed by atoms with Crippen LogP contribution in [0, 0.1) is 11.8 Å². The summed E-state index contributed by atoms with van der Waals surface area (Å²) < 4.78 is 16.5. The Morgan fingerprint density at radius 2 is 0.918 bits per heavy atom. The van der Waals surface area contributed by atoms with E-state index in [1.807, 2.05) is 42.5 Å². The summed E-state index contributed by atoms with van der Waals surface area (Å²) in [6.07, 6.45) is 0.956. The number of carbonyl (C=O) groups excluding carboxylic acids is 5. The second kappa shape index (κ2) is 15.4. The van der Waals surface area contributed by atoms with E-state index in [-0.39, 0.29) is 29.2 Å². The van der Waals surface area contributed by atoms with E-state index in [1.54, 1.807) is 93.5 Å². The first-order valence-electron chi connectivity index (χ1n) is 16.6. The third-order valence-electron chi connectivity index (χ3n) is 8.46. The normalized spacial score (nSPS) is 12.2. The molecule has 0 unspecified atom stereocenters. The molecule has 0 bridgehead atoms. The van der Waals surface area contributed by atoms with Gasteiger partial charge < -0.3 is 14.2 Å². The quantitative estimate of drug-likeness (QED) is 0.119. The Labute approximate surface area is 290 Å². The highest BCUT2D eigenvalue weighted by molar-refractivity contribution is 6.04. The van der Waals surface area contributed by atoms with Crippen molar-refractivity contribution < 1.29 is 38.2 Å². The Morgan fingerprint density at radius 3 is 1.31 bits per heavy atom. The van der Waals surface area contributed by atoms with Crippen molar-refractivity contribution in [3.8, 4) is 0 Å². The van der Waals surface area contributed by atoms with Gasteiger partial charge in [0.1, 0.15) is 5.60 Å². The predicted octanol–water partition coefficient (Wildman–Crippen LogP) is 7.80. The Hall–Kier alpha value is -4.43. The second-order valence-corrected chi connectivity index (χ2v) is 14.6. The molecule has 0 radical (unpaired) electrons. The number of esters is 2. The average Bonchev–Trinajstić information content (AvgIpc) is 3.04. The molecule has 49 heavy (non-hydrogen) atoms. The van der Waals surface area contributed by atoms with Gasteiger partial charge in [-0.05, 0) is 82.7 Å². The minimum atomic E-state index is -1.31. The molecular formula is C41H50O8. The maximum absolute atomic E-state index is 13.8. The molecule has 0 fully saturated rings. The summed E-state index contributed by atoms with van der Waals surface area (Å²) in [4.78, 5) is 64.3. The van der Waals surface area contributed by atoms with Crippen LogP contribution < -0.4 is 0 Å². The molecule has 0 aliphatic carbocycles. The summed E-state index contributed by atoms with van der Waals surface area (Å²) in [7, 11) is 1.50. The molecule has 0 saturated heterocycles. The number of benzene rings is 3. The topological polar surface area (TPSA) is 113 Å². The van der Waals surface area contributed by atoms with E-state index in [4.69, 9.17) is 14.2 Å². The highest BCUT2D eigenvalue weighted by Crippen LogP contribution is 2.26. The SMILES string of the molecule is COC(C)(C)C(=O)c1cc(Cc2ccc(C(=O)C(C)(C)OC(=O)C(C)C)cc2)ccc1Cc1ccc(C(=O)C(C)(C)OC(=O)C(C)C)cc1. The van der Waals surface area contributed by atoms with Crippen LogP contribution >= 0.6 is 0 Å². The van der Waals surface area contributed by atoms with Crippen LogP contribution in [0.2, 0.25) is 0 Å². The van der Waals surface area contributed by atoms with Crippen LogP contribution in [0.5, 0.6) is 0 Å². The van der Waals surface area contributed by atoms with Gasteiger partial charge in [0.15, 0.2) is 17.0 Å². The molecule has 0 aliphatic rings. The number of ketones is 3. The maximum Gasteiger partial charge on any atom is 0.309 e. The predicted molar refractivity (Wildman–Crippen MR) is 189 cm³/mol. The zero-order valence-corrected chi connectivity index (χ0v) is 30.7. The Balaban J connectivity index is 1.85. The van der Waals surface area contributed by atoms with Gasteiger partial charge >= 0.3 is 11.9 Å². The highest BCUT2D eigenvalue weighted by Gasteiger charge is 2.35. The summed E-state index contributed by atoms with van der Waals surface area (Å²) in [6, 6.07) is 20.1. The minimum Gasteiger partial charge on any atom is -0.451 e. The number of carbonyl (C=O) groups is 5. The molecule has 0 aliphatic heterocycles. The Bertz CT molecular complexity index is 1690. The van der Waals surface area contributed by atoms with Crippen molar-refractivity contribution in [2.24, 2.45) is 11.8 Å². The third-order valence-corrected chi connectivity index (χ3v) is 8.46. The van der Waals surface area contributed by atoms with Crippen LogP contribution in [0.4, 0.5) is 0 Å². The van der Waals surface area contributed by atoms with E-state index in [0.29, 0.717) is 29.5 Å². The van der Waals surface area contributed by atoms with E-state index >= 15 is 0 Å². The van der Waals surface area contributed by atoms with Crippen LogP contribution in [0.15, 0.2) is 66.7 Å². The number of Topliss-reactive ketones (excluding diaryl/α,β-unsaturated/α-hetero) is 3. The van der Waals surface area contributed by atoms with Gasteiger partial charge in [-0.25, -0.2) is 0 Å². The molecule has 0 spiro atoms. The molecule has 3 rings (SSSR count). The molecule has 3 aromatic carbocycles. The summed E-state index contributed by atoms with van der Waals surface area (Å²) in [5, 5.41) is 0.